The first-order valence-corrected chi connectivity index (χ1v) is 8.12. The summed E-state index contributed by atoms with van der Waals surface area (Å²) in [6, 6.07) is 10.3. The Hall–Kier alpha value is -2.47. The Kier molecular flexibility index (Phi) is 5.05. The Morgan fingerprint density at radius 3 is 2.79 bits per heavy atom. The predicted molar refractivity (Wildman–Crippen MR) is 88.6 cm³/mol. The largest absolute Gasteiger partial charge is 0.377 e. The highest BCUT2D eigenvalue weighted by molar-refractivity contribution is 5.96. The van der Waals surface area contributed by atoms with Gasteiger partial charge in [-0.15, -0.1) is 0 Å². The smallest absolute Gasteiger partial charge is 0.247 e. The molecule has 0 spiro atoms. The van der Waals surface area contributed by atoms with Crippen molar-refractivity contribution in [2.24, 2.45) is 0 Å². The maximum absolute atomic E-state index is 12.8. The first-order valence-electron chi connectivity index (χ1n) is 8.12. The Labute approximate surface area is 141 Å². The lowest BCUT2D eigenvalue weighted by molar-refractivity contribution is -0.143. The molecule has 1 aromatic heterocycles. The molecule has 2 unspecified atom stereocenters. The molecular weight excluding hydrogens is 306 g/mol. The number of ketones is 1. The van der Waals surface area contributed by atoms with Gasteiger partial charge in [0.1, 0.15) is 6.04 Å². The second kappa shape index (κ2) is 7.40. The maximum Gasteiger partial charge on any atom is 0.247 e. The fraction of sp³-hybridized carbons (Fsp3) is 0.389. The van der Waals surface area contributed by atoms with Crippen LogP contribution in [0.2, 0.25) is 0 Å². The fourth-order valence-corrected chi connectivity index (χ4v) is 2.93. The second-order valence-corrected chi connectivity index (χ2v) is 5.92. The molecule has 0 radical (unpaired) electrons. The number of rotatable bonds is 5. The molecule has 24 heavy (non-hydrogen) atoms. The summed E-state index contributed by atoms with van der Waals surface area (Å²) in [4.78, 5) is 27.1. The summed E-state index contributed by atoms with van der Waals surface area (Å²) in [5, 5.41) is 4.14. The normalized spacial score (nSPS) is 19.0. The van der Waals surface area contributed by atoms with Crippen molar-refractivity contribution in [2.45, 2.75) is 25.4 Å². The number of hydrogen-bond donors (Lipinski definition) is 0. The first kappa shape index (κ1) is 16.4. The van der Waals surface area contributed by atoms with Gasteiger partial charge in [0.2, 0.25) is 5.91 Å². The summed E-state index contributed by atoms with van der Waals surface area (Å²) in [5.74, 6) is -0.0106. The van der Waals surface area contributed by atoms with Crippen molar-refractivity contribution in [1.29, 1.82) is 0 Å². The molecule has 0 aliphatic carbocycles. The fourth-order valence-electron chi connectivity index (χ4n) is 2.93. The predicted octanol–water partition coefficient (Wildman–Crippen LogP) is 1.94. The van der Waals surface area contributed by atoms with Gasteiger partial charge in [0, 0.05) is 30.9 Å². The van der Waals surface area contributed by atoms with Crippen LogP contribution in [-0.4, -0.2) is 52.2 Å². The molecule has 1 aliphatic rings. The summed E-state index contributed by atoms with van der Waals surface area (Å²) < 4.78 is 7.13. The Morgan fingerprint density at radius 2 is 2.08 bits per heavy atom. The van der Waals surface area contributed by atoms with Crippen molar-refractivity contribution in [2.75, 3.05) is 19.8 Å². The molecule has 1 amide bonds. The maximum atomic E-state index is 12.8. The minimum Gasteiger partial charge on any atom is -0.377 e. The van der Waals surface area contributed by atoms with Crippen LogP contribution in [-0.2, 0) is 9.53 Å². The van der Waals surface area contributed by atoms with E-state index < -0.39 is 6.04 Å². The third-order valence-electron chi connectivity index (χ3n) is 4.31. The Morgan fingerprint density at radius 1 is 1.29 bits per heavy atom. The molecule has 1 fully saturated rings. The third kappa shape index (κ3) is 3.54. The van der Waals surface area contributed by atoms with Crippen LogP contribution in [0.25, 0.3) is 0 Å². The molecule has 2 atom stereocenters. The van der Waals surface area contributed by atoms with Gasteiger partial charge in [0.15, 0.2) is 5.78 Å². The SMILES string of the molecule is CC(C(=O)N1CCOCC1CC(=O)c1ccccc1)n1cccn1. The number of morpholine rings is 1. The molecular formula is C18H21N3O3. The van der Waals surface area contributed by atoms with Gasteiger partial charge in [-0.25, -0.2) is 0 Å². The molecule has 1 saturated heterocycles. The molecule has 0 N–H and O–H groups in total. The lowest BCUT2D eigenvalue weighted by atomic mass is 10.0. The average molecular weight is 327 g/mol. The van der Waals surface area contributed by atoms with Gasteiger partial charge in [-0.2, -0.15) is 5.10 Å². The van der Waals surface area contributed by atoms with E-state index in [2.05, 4.69) is 5.10 Å². The first-order chi connectivity index (χ1) is 11.7. The van der Waals surface area contributed by atoms with Crippen molar-refractivity contribution in [3.05, 3.63) is 54.4 Å². The molecule has 0 bridgehead atoms. The van der Waals surface area contributed by atoms with E-state index in [1.807, 2.05) is 25.1 Å². The summed E-state index contributed by atoms with van der Waals surface area (Å²) in [6.07, 6.45) is 3.69. The van der Waals surface area contributed by atoms with Crippen LogP contribution >= 0.6 is 0 Å². The monoisotopic (exact) mass is 327 g/mol. The van der Waals surface area contributed by atoms with Crippen LogP contribution < -0.4 is 0 Å². The number of carbonyl (C=O) groups is 2. The zero-order chi connectivity index (χ0) is 16.9. The van der Waals surface area contributed by atoms with Crippen LogP contribution in [0.5, 0.6) is 0 Å². The van der Waals surface area contributed by atoms with E-state index in [-0.39, 0.29) is 24.2 Å². The zero-order valence-electron chi connectivity index (χ0n) is 13.7. The number of hydrogen-bond acceptors (Lipinski definition) is 4. The molecule has 1 aromatic carbocycles. The number of nitrogens with zero attached hydrogens (tertiary/aromatic N) is 3. The molecule has 6 nitrogen and oxygen atoms in total. The number of amides is 1. The summed E-state index contributed by atoms with van der Waals surface area (Å²) in [6.45, 7) is 3.20. The highest BCUT2D eigenvalue weighted by Gasteiger charge is 2.32. The Bertz CT molecular complexity index is 685. The van der Waals surface area contributed by atoms with Crippen LogP contribution in [0.3, 0.4) is 0 Å². The Balaban J connectivity index is 1.71. The van der Waals surface area contributed by atoms with Crippen LogP contribution in [0.1, 0.15) is 29.7 Å². The van der Waals surface area contributed by atoms with Crippen LogP contribution in [0, 0.1) is 0 Å². The minimum atomic E-state index is -0.396. The number of benzene rings is 1. The van der Waals surface area contributed by atoms with Gasteiger partial charge in [0.05, 0.1) is 19.3 Å². The summed E-state index contributed by atoms with van der Waals surface area (Å²) in [7, 11) is 0. The average Bonchev–Trinajstić information content (AvgIpc) is 3.16. The van der Waals surface area contributed by atoms with E-state index in [1.54, 1.807) is 40.2 Å². The van der Waals surface area contributed by atoms with Gasteiger partial charge in [0.25, 0.3) is 0 Å². The summed E-state index contributed by atoms with van der Waals surface area (Å²) >= 11 is 0. The highest BCUT2D eigenvalue weighted by Crippen LogP contribution is 2.18. The van der Waals surface area contributed by atoms with Crippen LogP contribution in [0.15, 0.2) is 48.8 Å². The molecule has 6 heteroatoms. The quantitative estimate of drug-likeness (QED) is 0.787. The summed E-state index contributed by atoms with van der Waals surface area (Å²) in [5.41, 5.74) is 0.663. The standard InChI is InChI=1S/C18H21N3O3/c1-14(21-9-5-8-19-21)18(23)20-10-11-24-13-16(20)12-17(22)15-6-3-2-4-7-15/h2-9,14,16H,10-13H2,1H3. The van der Waals surface area contributed by atoms with E-state index in [1.165, 1.54) is 0 Å². The molecule has 0 saturated carbocycles. The van der Waals surface area contributed by atoms with E-state index >= 15 is 0 Å². The molecule has 1 aliphatic heterocycles. The highest BCUT2D eigenvalue weighted by atomic mass is 16.5. The van der Waals surface area contributed by atoms with Gasteiger partial charge < -0.3 is 9.64 Å². The van der Waals surface area contributed by atoms with Crippen molar-refractivity contribution < 1.29 is 14.3 Å². The third-order valence-corrected chi connectivity index (χ3v) is 4.31. The topological polar surface area (TPSA) is 64.4 Å². The van der Waals surface area contributed by atoms with Gasteiger partial charge in [-0.05, 0) is 13.0 Å². The van der Waals surface area contributed by atoms with Crippen molar-refractivity contribution in [3.63, 3.8) is 0 Å². The number of Topliss-reactive ketones (excluding diaryl/α,β-unsaturated/α-hetero) is 1. The number of aromatic nitrogens is 2. The zero-order valence-corrected chi connectivity index (χ0v) is 13.7. The lowest BCUT2D eigenvalue weighted by Gasteiger charge is -2.36. The molecule has 126 valence electrons. The number of ether oxygens (including phenoxy) is 1. The minimum absolute atomic E-state index is 0.0237. The molecule has 3 rings (SSSR count). The van der Waals surface area contributed by atoms with Gasteiger partial charge in [-0.1, -0.05) is 30.3 Å². The van der Waals surface area contributed by atoms with E-state index in [0.717, 1.165) is 0 Å². The lowest BCUT2D eigenvalue weighted by Crippen LogP contribution is -2.51. The number of carbonyl (C=O) groups excluding carboxylic acids is 2. The van der Waals surface area contributed by atoms with Crippen molar-refractivity contribution in [3.8, 4) is 0 Å². The van der Waals surface area contributed by atoms with Gasteiger partial charge >= 0.3 is 0 Å². The van der Waals surface area contributed by atoms with E-state index in [0.29, 0.717) is 25.3 Å². The molecule has 2 heterocycles. The van der Waals surface area contributed by atoms with E-state index in [4.69, 9.17) is 4.74 Å². The van der Waals surface area contributed by atoms with Crippen molar-refractivity contribution in [1.82, 2.24) is 14.7 Å². The molecule has 2 aromatic rings. The van der Waals surface area contributed by atoms with Crippen molar-refractivity contribution >= 4 is 11.7 Å². The van der Waals surface area contributed by atoms with E-state index in [9.17, 15) is 9.59 Å². The second-order valence-electron chi connectivity index (χ2n) is 5.92. The van der Waals surface area contributed by atoms with Crippen LogP contribution in [0.4, 0.5) is 0 Å². The van der Waals surface area contributed by atoms with Gasteiger partial charge in [-0.3, -0.25) is 14.3 Å².